The minimum Gasteiger partial charge on any atom is -0.349 e. The van der Waals surface area contributed by atoms with Crippen molar-refractivity contribution in [2.24, 2.45) is 5.92 Å². The first-order valence-electron chi connectivity index (χ1n) is 12.3. The van der Waals surface area contributed by atoms with Gasteiger partial charge in [-0.15, -0.1) is 11.3 Å². The highest BCUT2D eigenvalue weighted by atomic mass is 32.1. The summed E-state index contributed by atoms with van der Waals surface area (Å²) >= 11 is 6.70. The maximum atomic E-state index is 13.2. The van der Waals surface area contributed by atoms with Crippen LogP contribution >= 0.6 is 23.6 Å². The van der Waals surface area contributed by atoms with E-state index >= 15 is 0 Å². The van der Waals surface area contributed by atoms with Crippen LogP contribution in [0.25, 0.3) is 0 Å². The Hall–Kier alpha value is -2.96. The number of thiazole rings is 1. The van der Waals surface area contributed by atoms with Crippen LogP contribution in [0.5, 0.6) is 0 Å². The lowest BCUT2D eigenvalue weighted by Crippen LogP contribution is -2.57. The van der Waals surface area contributed by atoms with Gasteiger partial charge in [0.25, 0.3) is 11.8 Å². The minimum absolute atomic E-state index is 0.00959. The van der Waals surface area contributed by atoms with Crippen molar-refractivity contribution in [3.8, 4) is 0 Å². The molecule has 1 aliphatic carbocycles. The van der Waals surface area contributed by atoms with Crippen LogP contribution in [0.4, 0.5) is 5.82 Å². The summed E-state index contributed by atoms with van der Waals surface area (Å²) in [6, 6.07) is 2.80. The fraction of sp³-hybridized carbons (Fsp3) is 0.520. The monoisotopic (exact) mass is 543 g/mol. The van der Waals surface area contributed by atoms with Crippen molar-refractivity contribution in [3.63, 3.8) is 0 Å². The molecule has 1 saturated carbocycles. The highest BCUT2D eigenvalue weighted by molar-refractivity contribution is 7.82. The lowest BCUT2D eigenvalue weighted by Gasteiger charge is -2.37. The van der Waals surface area contributed by atoms with Gasteiger partial charge in [0.1, 0.15) is 5.82 Å². The third kappa shape index (κ3) is 6.68. The molecule has 37 heavy (non-hydrogen) atoms. The molecular formula is C25H33N7O3S2. The summed E-state index contributed by atoms with van der Waals surface area (Å²) in [6.07, 6.45) is 4.06. The van der Waals surface area contributed by atoms with Crippen LogP contribution in [0.3, 0.4) is 0 Å². The number of aryl methyl sites for hydroxylation is 1. The van der Waals surface area contributed by atoms with Gasteiger partial charge in [0.05, 0.1) is 11.7 Å². The zero-order valence-corrected chi connectivity index (χ0v) is 23.2. The van der Waals surface area contributed by atoms with Crippen LogP contribution in [-0.4, -0.2) is 82.2 Å². The van der Waals surface area contributed by atoms with E-state index in [1.165, 1.54) is 11.3 Å². The number of hydrogen-bond acceptors (Lipinski definition) is 8. The van der Waals surface area contributed by atoms with Crippen molar-refractivity contribution >= 4 is 52.1 Å². The molecule has 0 bridgehead atoms. The molecule has 0 spiro atoms. The summed E-state index contributed by atoms with van der Waals surface area (Å²) in [5, 5.41) is 9.30. The number of thiocarbonyl (C=S) groups is 1. The van der Waals surface area contributed by atoms with Crippen LogP contribution in [0.2, 0.25) is 0 Å². The summed E-state index contributed by atoms with van der Waals surface area (Å²) < 4.78 is 0. The number of aromatic nitrogens is 2. The zero-order valence-electron chi connectivity index (χ0n) is 21.5. The molecule has 2 aliphatic rings. The molecule has 3 heterocycles. The number of hydrogen-bond donors (Lipinski definition) is 3. The molecule has 10 nitrogen and oxygen atoms in total. The summed E-state index contributed by atoms with van der Waals surface area (Å²) in [7, 11) is 5.50. The Morgan fingerprint density at radius 2 is 1.95 bits per heavy atom. The fourth-order valence-electron chi connectivity index (χ4n) is 4.69. The number of carbonyl (C=O) groups is 3. The number of fused-ring (bicyclic) bond motifs is 1. The molecular weight excluding hydrogens is 510 g/mol. The summed E-state index contributed by atoms with van der Waals surface area (Å²) in [6.45, 7) is 3.62. The first-order chi connectivity index (χ1) is 17.6. The van der Waals surface area contributed by atoms with Gasteiger partial charge in [0, 0.05) is 56.6 Å². The van der Waals surface area contributed by atoms with E-state index in [4.69, 9.17) is 12.2 Å². The molecule has 0 unspecified atom stereocenters. The number of rotatable bonds is 5. The zero-order chi connectivity index (χ0) is 26.7. The normalized spacial score (nSPS) is 21.5. The number of anilines is 1. The van der Waals surface area contributed by atoms with Crippen molar-refractivity contribution in [2.75, 3.05) is 33.0 Å². The maximum absolute atomic E-state index is 13.2. The van der Waals surface area contributed by atoms with E-state index in [0.29, 0.717) is 30.1 Å². The number of amides is 3. The summed E-state index contributed by atoms with van der Waals surface area (Å²) in [5.74, 6) is -0.484. The average Bonchev–Trinajstić information content (AvgIpc) is 3.29. The Labute approximate surface area is 226 Å². The number of nitrogens with one attached hydrogen (secondary N) is 3. The molecule has 1 aliphatic heterocycles. The van der Waals surface area contributed by atoms with Gasteiger partial charge in [-0.1, -0.05) is 18.3 Å². The molecule has 0 radical (unpaired) electrons. The molecule has 198 valence electrons. The van der Waals surface area contributed by atoms with Crippen LogP contribution in [0.15, 0.2) is 18.3 Å². The molecule has 0 aromatic carbocycles. The predicted molar refractivity (Wildman–Crippen MR) is 147 cm³/mol. The largest absolute Gasteiger partial charge is 0.349 e. The van der Waals surface area contributed by atoms with Gasteiger partial charge < -0.3 is 25.8 Å². The van der Waals surface area contributed by atoms with Crippen molar-refractivity contribution in [1.29, 1.82) is 0 Å². The second-order valence-electron chi connectivity index (χ2n) is 9.95. The van der Waals surface area contributed by atoms with E-state index in [2.05, 4.69) is 30.8 Å². The first-order valence-corrected chi connectivity index (χ1v) is 13.6. The number of carbonyl (C=O) groups excluding carboxylic acids is 3. The van der Waals surface area contributed by atoms with E-state index < -0.39 is 11.9 Å². The third-order valence-corrected chi connectivity index (χ3v) is 8.12. The molecule has 4 rings (SSSR count). The quantitative estimate of drug-likeness (QED) is 0.488. The molecule has 3 amide bonds. The van der Waals surface area contributed by atoms with Crippen LogP contribution in [0.1, 0.15) is 45.2 Å². The van der Waals surface area contributed by atoms with E-state index in [1.54, 1.807) is 31.3 Å². The van der Waals surface area contributed by atoms with Crippen molar-refractivity contribution < 1.29 is 14.4 Å². The molecule has 0 saturated heterocycles. The van der Waals surface area contributed by atoms with Gasteiger partial charge in [0.15, 0.2) is 10.00 Å². The van der Waals surface area contributed by atoms with Crippen molar-refractivity contribution in [2.45, 2.75) is 51.2 Å². The van der Waals surface area contributed by atoms with E-state index in [1.807, 2.05) is 20.0 Å². The summed E-state index contributed by atoms with van der Waals surface area (Å²) in [4.78, 5) is 52.5. The van der Waals surface area contributed by atoms with E-state index in [0.717, 1.165) is 35.6 Å². The Morgan fingerprint density at radius 3 is 2.65 bits per heavy atom. The Bertz CT molecular complexity index is 1180. The van der Waals surface area contributed by atoms with Gasteiger partial charge in [0.2, 0.25) is 5.91 Å². The maximum Gasteiger partial charge on any atom is 0.280 e. The van der Waals surface area contributed by atoms with Gasteiger partial charge >= 0.3 is 0 Å². The second-order valence-corrected chi connectivity index (χ2v) is 11.4. The number of pyridine rings is 1. The minimum atomic E-state index is -0.452. The topological polar surface area (TPSA) is 120 Å². The highest BCUT2D eigenvalue weighted by Gasteiger charge is 2.37. The average molecular weight is 544 g/mol. The Kier molecular flexibility index (Phi) is 8.50. The number of nitrogens with zero attached hydrogens (tertiary/aromatic N) is 4. The molecule has 2 aromatic rings. The lowest BCUT2D eigenvalue weighted by atomic mass is 9.81. The van der Waals surface area contributed by atoms with Gasteiger partial charge in [-0.25, -0.2) is 9.97 Å². The van der Waals surface area contributed by atoms with Gasteiger partial charge in [-0.3, -0.25) is 14.4 Å². The third-order valence-electron chi connectivity index (χ3n) is 6.75. The Balaban J connectivity index is 1.45. The summed E-state index contributed by atoms with van der Waals surface area (Å²) in [5.41, 5.74) is 1.97. The van der Waals surface area contributed by atoms with Gasteiger partial charge in [-0.05, 0) is 44.9 Å². The lowest BCUT2D eigenvalue weighted by molar-refractivity contribution is -0.134. The SMILES string of the molecule is Cc1ccc(NC(=S)C(=O)N[C@H]2CC[C@H](C(=O)N(C)C)C[C@H]2NC(=O)c2nc3c(s2)CN(C)CC3)nc1. The molecule has 1 fully saturated rings. The first kappa shape index (κ1) is 27.1. The van der Waals surface area contributed by atoms with Crippen LogP contribution in [-0.2, 0) is 22.6 Å². The van der Waals surface area contributed by atoms with E-state index in [9.17, 15) is 14.4 Å². The van der Waals surface area contributed by atoms with E-state index in [-0.39, 0.29) is 28.8 Å². The highest BCUT2D eigenvalue weighted by Crippen LogP contribution is 2.28. The smallest absolute Gasteiger partial charge is 0.280 e. The molecule has 12 heteroatoms. The second kappa shape index (κ2) is 11.6. The van der Waals surface area contributed by atoms with Crippen LogP contribution in [0, 0.1) is 12.8 Å². The van der Waals surface area contributed by atoms with Crippen molar-refractivity contribution in [3.05, 3.63) is 39.5 Å². The standard InChI is InChI=1S/C25H33N7O3S2/c1-14-5-8-20(26-12-14)30-23(36)21(33)27-16-7-6-15(25(35)31(2)3)11-18(16)28-22(34)24-29-17-9-10-32(4)13-19(17)37-24/h5,8,12,15-16,18H,6-7,9-11,13H2,1-4H3,(H,27,33)(H,28,34)(H,26,30,36)/t15-,16-,18+/m0/s1. The molecule has 2 aromatic heterocycles. The van der Waals surface area contributed by atoms with Crippen LogP contribution < -0.4 is 16.0 Å². The molecule has 3 N–H and O–H groups in total. The predicted octanol–water partition coefficient (Wildman–Crippen LogP) is 1.75. The van der Waals surface area contributed by atoms with Gasteiger partial charge in [-0.2, -0.15) is 0 Å². The Morgan fingerprint density at radius 1 is 1.16 bits per heavy atom. The molecule has 3 atom stereocenters. The fourth-order valence-corrected chi connectivity index (χ4v) is 5.95. The van der Waals surface area contributed by atoms with Crippen molar-refractivity contribution in [1.82, 2.24) is 30.4 Å². The number of likely N-dealkylation sites (N-methyl/N-ethyl adjacent to an activating group) is 1.